The molecule has 1 aromatic rings. The lowest BCUT2D eigenvalue weighted by molar-refractivity contribution is -0.119. The lowest BCUT2D eigenvalue weighted by atomic mass is 10.1. The van der Waals surface area contributed by atoms with Crippen molar-refractivity contribution in [2.45, 2.75) is 20.3 Å². The van der Waals surface area contributed by atoms with Crippen molar-refractivity contribution >= 4 is 23.2 Å². The summed E-state index contributed by atoms with van der Waals surface area (Å²) in [7, 11) is 0. The second kappa shape index (κ2) is 7.76. The fourth-order valence-electron chi connectivity index (χ4n) is 0.996. The van der Waals surface area contributed by atoms with Gasteiger partial charge in [-0.05, 0) is 23.8 Å². The maximum absolute atomic E-state index is 13.0. The molecule has 0 heterocycles. The molecule has 0 aliphatic heterocycles. The maximum Gasteiger partial charge on any atom is 0.230 e. The molecule has 1 rings (SSSR count). The van der Waals surface area contributed by atoms with Crippen molar-refractivity contribution in [2.75, 3.05) is 0 Å². The normalized spacial score (nSPS) is 8.69. The molecule has 1 aromatic carbocycles. The van der Waals surface area contributed by atoms with E-state index in [1.165, 1.54) is 12.1 Å². The monoisotopic (exact) mass is 246 g/mol. The van der Waals surface area contributed by atoms with Gasteiger partial charge < -0.3 is 11.1 Å². The Morgan fingerprint density at radius 1 is 1.50 bits per heavy atom. The number of hydrogen-bond donors (Lipinski definition) is 2. The summed E-state index contributed by atoms with van der Waals surface area (Å²) < 4.78 is 13.0. The lowest BCUT2D eigenvalue weighted by Gasteiger charge is -2.03. The van der Waals surface area contributed by atoms with Crippen molar-refractivity contribution in [3.8, 4) is 0 Å². The number of amides is 1. The van der Waals surface area contributed by atoms with Gasteiger partial charge in [-0.15, -0.1) is 0 Å². The number of halogens is 1. The van der Waals surface area contributed by atoms with Crippen LogP contribution in [0.2, 0.25) is 0 Å². The summed E-state index contributed by atoms with van der Waals surface area (Å²) in [5.41, 5.74) is 5.41. The average molecular weight is 246 g/mol. The summed E-state index contributed by atoms with van der Waals surface area (Å²) in [6.07, 6.45) is -0.0655. The van der Waals surface area contributed by atoms with E-state index in [1.807, 2.05) is 13.8 Å². The van der Waals surface area contributed by atoms with Gasteiger partial charge in [-0.1, -0.05) is 32.0 Å². The maximum atomic E-state index is 13.0. The highest BCUT2D eigenvalue weighted by Gasteiger charge is 2.07. The molecular weight excluding hydrogens is 227 g/mol. The Labute approximate surface area is 103 Å². The van der Waals surface area contributed by atoms with Crippen LogP contribution in [-0.4, -0.2) is 11.0 Å². The molecule has 92 valence electrons. The topological polar surface area (TPSA) is 55.1 Å². The largest absolute Gasteiger partial charge is 0.376 e. The predicted molar refractivity (Wildman–Crippen MR) is 70.6 cm³/mol. The van der Waals surface area contributed by atoms with E-state index in [0.717, 1.165) is 0 Å². The van der Waals surface area contributed by atoms with Gasteiger partial charge in [0.15, 0.2) is 5.11 Å². The molecule has 0 bridgehead atoms. The summed E-state index contributed by atoms with van der Waals surface area (Å²) in [5, 5.41) is 2.12. The zero-order chi connectivity index (χ0) is 12.6. The Kier molecular flexibility index (Phi) is 7.03. The first-order valence-electron chi connectivity index (χ1n) is 4.92. The molecule has 0 saturated heterocycles. The predicted octanol–water partition coefficient (Wildman–Crippen LogP) is 2.25. The van der Waals surface area contributed by atoms with Crippen LogP contribution in [0, 0.1) is 5.82 Å². The van der Waals surface area contributed by atoms with E-state index in [9.17, 15) is 9.18 Å². The highest BCUT2D eigenvalue weighted by Crippen LogP contribution is 2.06. The molecule has 0 spiro atoms. The molecule has 0 fully saturated rings. The van der Waals surface area contributed by atoms with E-state index in [-0.39, 0.29) is 14.4 Å². The first-order valence-corrected chi connectivity index (χ1v) is 5.33. The molecule has 0 radical (unpaired) electrons. The number of nitrogens with one attached hydrogen (secondary N) is 1. The minimum absolute atomic E-state index is 0. The molecule has 3 nitrogen and oxygen atoms in total. The number of benzene rings is 1. The third-order valence-electron chi connectivity index (χ3n) is 1.57. The highest BCUT2D eigenvalue weighted by molar-refractivity contribution is 7.80. The molecular formula is C11H19FN2OS. The van der Waals surface area contributed by atoms with Crippen molar-refractivity contribution in [3.05, 3.63) is 35.6 Å². The number of nitrogens with two attached hydrogens (primary N) is 1. The van der Waals surface area contributed by atoms with Gasteiger partial charge in [0.1, 0.15) is 5.82 Å². The van der Waals surface area contributed by atoms with Crippen LogP contribution in [0.25, 0.3) is 0 Å². The number of hydrogen-bond acceptors (Lipinski definition) is 2. The molecule has 5 heteroatoms. The summed E-state index contributed by atoms with van der Waals surface area (Å²) in [6.45, 7) is 4.00. The van der Waals surface area contributed by atoms with E-state index in [4.69, 9.17) is 5.73 Å². The minimum Gasteiger partial charge on any atom is -0.376 e. The van der Waals surface area contributed by atoms with Crippen molar-refractivity contribution in [1.29, 1.82) is 0 Å². The number of carbonyl (C=O) groups excluding carboxylic acids is 1. The summed E-state index contributed by atoms with van der Waals surface area (Å²) in [5.74, 6) is -0.826. The SMILES string of the molecule is CC.NC(=S)NC(=O)Cc1ccccc1F.[HH].[HH]. The van der Waals surface area contributed by atoms with Gasteiger partial charge in [0.05, 0.1) is 6.42 Å². The highest BCUT2D eigenvalue weighted by atomic mass is 32.1. The third-order valence-corrected chi connectivity index (χ3v) is 1.67. The van der Waals surface area contributed by atoms with Gasteiger partial charge in [-0.25, -0.2) is 4.39 Å². The minimum atomic E-state index is -0.414. The molecule has 0 aliphatic rings. The van der Waals surface area contributed by atoms with Gasteiger partial charge in [0.2, 0.25) is 5.91 Å². The van der Waals surface area contributed by atoms with Crippen molar-refractivity contribution in [1.82, 2.24) is 5.32 Å². The number of thiocarbonyl (C=S) groups is 1. The van der Waals surface area contributed by atoms with Gasteiger partial charge in [0, 0.05) is 2.85 Å². The van der Waals surface area contributed by atoms with E-state index >= 15 is 0 Å². The Morgan fingerprint density at radius 2 is 2.06 bits per heavy atom. The second-order valence-electron chi connectivity index (χ2n) is 2.68. The van der Waals surface area contributed by atoms with Crippen LogP contribution in [0.15, 0.2) is 24.3 Å². The summed E-state index contributed by atoms with van der Waals surface area (Å²) >= 11 is 4.47. The van der Waals surface area contributed by atoms with Gasteiger partial charge in [-0.2, -0.15) is 0 Å². The van der Waals surface area contributed by atoms with E-state index in [1.54, 1.807) is 12.1 Å². The van der Waals surface area contributed by atoms with Gasteiger partial charge in [0.25, 0.3) is 0 Å². The Morgan fingerprint density at radius 3 is 2.56 bits per heavy atom. The van der Waals surface area contributed by atoms with E-state index < -0.39 is 11.7 Å². The van der Waals surface area contributed by atoms with E-state index in [0.29, 0.717) is 5.56 Å². The summed E-state index contributed by atoms with van der Waals surface area (Å²) in [4.78, 5) is 11.1. The molecule has 3 N–H and O–H groups in total. The fraction of sp³-hybridized carbons (Fsp3) is 0.273. The number of rotatable bonds is 2. The summed E-state index contributed by atoms with van der Waals surface area (Å²) in [6, 6.07) is 6.05. The molecule has 0 aromatic heterocycles. The first-order chi connectivity index (χ1) is 7.59. The smallest absolute Gasteiger partial charge is 0.230 e. The van der Waals surface area contributed by atoms with Crippen molar-refractivity contribution < 1.29 is 12.0 Å². The zero-order valence-corrected chi connectivity index (χ0v) is 10.1. The Hall–Kier alpha value is -1.49. The molecule has 16 heavy (non-hydrogen) atoms. The molecule has 0 unspecified atom stereocenters. The first kappa shape index (κ1) is 14.5. The quantitative estimate of drug-likeness (QED) is 0.787. The third kappa shape index (κ3) is 5.41. The van der Waals surface area contributed by atoms with Crippen LogP contribution >= 0.6 is 12.2 Å². The van der Waals surface area contributed by atoms with Gasteiger partial charge >= 0.3 is 0 Å². The van der Waals surface area contributed by atoms with Crippen LogP contribution in [0.4, 0.5) is 4.39 Å². The van der Waals surface area contributed by atoms with Crippen LogP contribution < -0.4 is 11.1 Å². The average Bonchev–Trinajstić information content (AvgIpc) is 2.23. The Balaban J connectivity index is -0.000000534. The van der Waals surface area contributed by atoms with Crippen molar-refractivity contribution in [2.24, 2.45) is 5.73 Å². The Bertz CT molecular complexity index is 378. The molecule has 1 amide bonds. The van der Waals surface area contributed by atoms with Crippen LogP contribution in [0.1, 0.15) is 22.3 Å². The van der Waals surface area contributed by atoms with Crippen LogP contribution in [0.3, 0.4) is 0 Å². The fourth-order valence-corrected chi connectivity index (χ4v) is 1.11. The molecule has 0 saturated carbocycles. The van der Waals surface area contributed by atoms with E-state index in [2.05, 4.69) is 17.5 Å². The second-order valence-corrected chi connectivity index (χ2v) is 3.12. The molecule has 0 atom stereocenters. The zero-order valence-electron chi connectivity index (χ0n) is 9.29. The van der Waals surface area contributed by atoms with Crippen molar-refractivity contribution in [3.63, 3.8) is 0 Å². The molecule has 0 aliphatic carbocycles. The van der Waals surface area contributed by atoms with Crippen LogP contribution in [0.5, 0.6) is 0 Å². The standard InChI is InChI=1S/C9H9FN2OS.C2H6.2H2/c10-7-4-2-1-3-6(7)5-8(13)12-9(11)14;1-2;;/h1-4H,5H2,(H3,11,12,13,14);1-2H3;2*1H. The lowest BCUT2D eigenvalue weighted by Crippen LogP contribution is -2.35. The van der Waals surface area contributed by atoms with Crippen LogP contribution in [-0.2, 0) is 11.2 Å². The number of carbonyl (C=O) groups is 1. The van der Waals surface area contributed by atoms with Gasteiger partial charge in [-0.3, -0.25) is 4.79 Å².